The predicted octanol–water partition coefficient (Wildman–Crippen LogP) is 1.42. The van der Waals surface area contributed by atoms with Gasteiger partial charge in [-0.25, -0.2) is 0 Å². The van der Waals surface area contributed by atoms with Crippen LogP contribution in [0.15, 0.2) is 24.3 Å². The summed E-state index contributed by atoms with van der Waals surface area (Å²) in [7, 11) is 0. The average molecular weight is 302 g/mol. The molecule has 0 aromatic heterocycles. The minimum Gasteiger partial charge on any atom is -0.396 e. The van der Waals surface area contributed by atoms with Gasteiger partial charge >= 0.3 is 0 Å². The number of nitrogens with one attached hydrogen (secondary N) is 1. The zero-order valence-electron chi connectivity index (χ0n) is 12.6. The van der Waals surface area contributed by atoms with E-state index in [1.54, 1.807) is 0 Å². The van der Waals surface area contributed by atoms with Crippen molar-refractivity contribution >= 4 is 17.5 Å². The molecule has 0 saturated carbocycles. The fourth-order valence-corrected chi connectivity index (χ4v) is 3.41. The highest BCUT2D eigenvalue weighted by molar-refractivity contribution is 6.00. The van der Waals surface area contributed by atoms with Crippen molar-refractivity contribution in [1.29, 1.82) is 0 Å². The highest BCUT2D eigenvalue weighted by Crippen LogP contribution is 2.29. The first kappa shape index (κ1) is 15.0. The molecule has 2 amide bonds. The van der Waals surface area contributed by atoms with Gasteiger partial charge < -0.3 is 10.0 Å². The highest BCUT2D eigenvalue weighted by atomic mass is 16.3. The molecular formula is C17H22N2O3. The molecule has 0 radical (unpaired) electrons. The molecule has 2 aliphatic heterocycles. The zero-order chi connectivity index (χ0) is 15.5. The molecule has 2 unspecified atom stereocenters. The van der Waals surface area contributed by atoms with Crippen molar-refractivity contribution < 1.29 is 14.7 Å². The van der Waals surface area contributed by atoms with Gasteiger partial charge in [0.15, 0.2) is 0 Å². The predicted molar refractivity (Wildman–Crippen MR) is 83.6 cm³/mol. The van der Waals surface area contributed by atoms with Gasteiger partial charge in [-0.3, -0.25) is 14.9 Å². The second kappa shape index (κ2) is 6.48. The second-order valence-electron chi connectivity index (χ2n) is 6.21. The smallest absolute Gasteiger partial charge is 0.234 e. The minimum atomic E-state index is -0.215. The average Bonchev–Trinajstić information content (AvgIpc) is 2.97. The number of amides is 2. The van der Waals surface area contributed by atoms with Gasteiger partial charge in [-0.1, -0.05) is 12.1 Å². The third-order valence-electron chi connectivity index (χ3n) is 4.72. The Balaban J connectivity index is 1.66. The number of benzene rings is 1. The monoisotopic (exact) mass is 302 g/mol. The number of piperidine rings is 1. The number of hydrogen-bond acceptors (Lipinski definition) is 4. The maximum Gasteiger partial charge on any atom is 0.234 e. The molecule has 2 fully saturated rings. The van der Waals surface area contributed by atoms with E-state index in [9.17, 15) is 9.59 Å². The Morgan fingerprint density at radius 1 is 1.18 bits per heavy atom. The summed E-state index contributed by atoms with van der Waals surface area (Å²) in [4.78, 5) is 25.4. The van der Waals surface area contributed by atoms with E-state index in [2.05, 4.69) is 22.3 Å². The SMILES string of the molecule is O=C1CCC(c2ccc(N3CCC(CCO)C3)cc2)C(=O)N1. The Kier molecular flexibility index (Phi) is 4.43. The van der Waals surface area contributed by atoms with Crippen molar-refractivity contribution in [2.45, 2.75) is 31.6 Å². The number of nitrogens with zero attached hydrogens (tertiary/aromatic N) is 1. The van der Waals surface area contributed by atoms with Crippen molar-refractivity contribution in [3.8, 4) is 0 Å². The summed E-state index contributed by atoms with van der Waals surface area (Å²) in [6, 6.07) is 8.10. The Labute approximate surface area is 130 Å². The first-order valence-corrected chi connectivity index (χ1v) is 7.97. The number of rotatable bonds is 4. The Hall–Kier alpha value is -1.88. The quantitative estimate of drug-likeness (QED) is 0.825. The maximum absolute atomic E-state index is 11.9. The molecule has 5 nitrogen and oxygen atoms in total. The van der Waals surface area contributed by atoms with E-state index >= 15 is 0 Å². The summed E-state index contributed by atoms with van der Waals surface area (Å²) in [6.07, 6.45) is 2.99. The van der Waals surface area contributed by atoms with Gasteiger partial charge in [0.2, 0.25) is 11.8 Å². The van der Waals surface area contributed by atoms with Crippen LogP contribution in [-0.2, 0) is 9.59 Å². The Morgan fingerprint density at radius 2 is 1.95 bits per heavy atom. The van der Waals surface area contributed by atoms with E-state index in [1.165, 1.54) is 0 Å². The van der Waals surface area contributed by atoms with Gasteiger partial charge in [0.25, 0.3) is 0 Å². The molecule has 5 heteroatoms. The maximum atomic E-state index is 11.9. The van der Waals surface area contributed by atoms with Crippen LogP contribution in [0.2, 0.25) is 0 Å². The lowest BCUT2D eigenvalue weighted by molar-refractivity contribution is -0.134. The first-order chi connectivity index (χ1) is 10.7. The van der Waals surface area contributed by atoms with Crippen LogP contribution in [0.25, 0.3) is 0 Å². The molecule has 118 valence electrons. The molecule has 2 heterocycles. The Morgan fingerprint density at radius 3 is 2.64 bits per heavy atom. The molecule has 3 rings (SSSR count). The molecule has 0 aliphatic carbocycles. The first-order valence-electron chi connectivity index (χ1n) is 7.97. The summed E-state index contributed by atoms with van der Waals surface area (Å²) in [6.45, 7) is 2.26. The summed E-state index contributed by atoms with van der Waals surface area (Å²) in [5, 5.41) is 11.4. The summed E-state index contributed by atoms with van der Waals surface area (Å²) in [5.74, 6) is -0.00896. The molecule has 1 aromatic carbocycles. The highest BCUT2D eigenvalue weighted by Gasteiger charge is 2.28. The van der Waals surface area contributed by atoms with E-state index in [0.29, 0.717) is 18.8 Å². The number of hydrogen-bond donors (Lipinski definition) is 2. The van der Waals surface area contributed by atoms with Crippen molar-refractivity contribution in [2.75, 3.05) is 24.6 Å². The van der Waals surface area contributed by atoms with E-state index < -0.39 is 0 Å². The summed E-state index contributed by atoms with van der Waals surface area (Å²) >= 11 is 0. The van der Waals surface area contributed by atoms with E-state index in [1.807, 2.05) is 12.1 Å². The van der Waals surface area contributed by atoms with Crippen LogP contribution in [-0.4, -0.2) is 36.6 Å². The van der Waals surface area contributed by atoms with Crippen LogP contribution in [0.1, 0.15) is 37.2 Å². The van der Waals surface area contributed by atoms with Gasteiger partial charge in [-0.15, -0.1) is 0 Å². The Bertz CT molecular complexity index is 556. The third-order valence-corrected chi connectivity index (χ3v) is 4.72. The van der Waals surface area contributed by atoms with Gasteiger partial charge in [0, 0.05) is 31.8 Å². The van der Waals surface area contributed by atoms with Gasteiger partial charge in [0.1, 0.15) is 0 Å². The van der Waals surface area contributed by atoms with Crippen LogP contribution < -0.4 is 10.2 Å². The largest absolute Gasteiger partial charge is 0.396 e. The van der Waals surface area contributed by atoms with E-state index in [4.69, 9.17) is 5.11 Å². The van der Waals surface area contributed by atoms with Gasteiger partial charge in [-0.05, 0) is 42.9 Å². The van der Waals surface area contributed by atoms with Crippen molar-refractivity contribution in [2.24, 2.45) is 5.92 Å². The number of anilines is 1. The normalized spacial score (nSPS) is 25.4. The van der Waals surface area contributed by atoms with Crippen molar-refractivity contribution in [3.63, 3.8) is 0 Å². The van der Waals surface area contributed by atoms with Crippen LogP contribution in [0, 0.1) is 5.92 Å². The van der Waals surface area contributed by atoms with Crippen molar-refractivity contribution in [1.82, 2.24) is 5.32 Å². The van der Waals surface area contributed by atoms with Gasteiger partial charge in [-0.2, -0.15) is 0 Å². The number of aliphatic hydroxyl groups excluding tert-OH is 1. The third kappa shape index (κ3) is 3.14. The molecule has 0 spiro atoms. The number of carbonyl (C=O) groups is 2. The summed E-state index contributed by atoms with van der Waals surface area (Å²) in [5.41, 5.74) is 2.14. The van der Waals surface area contributed by atoms with Crippen molar-refractivity contribution in [3.05, 3.63) is 29.8 Å². The molecule has 22 heavy (non-hydrogen) atoms. The lowest BCUT2D eigenvalue weighted by atomic mass is 9.90. The zero-order valence-corrected chi connectivity index (χ0v) is 12.6. The molecule has 0 bridgehead atoms. The fourth-order valence-electron chi connectivity index (χ4n) is 3.41. The molecular weight excluding hydrogens is 280 g/mol. The molecule has 2 aliphatic rings. The fraction of sp³-hybridized carbons (Fsp3) is 0.529. The second-order valence-corrected chi connectivity index (χ2v) is 6.21. The summed E-state index contributed by atoms with van der Waals surface area (Å²) < 4.78 is 0. The topological polar surface area (TPSA) is 69.6 Å². The molecule has 2 N–H and O–H groups in total. The lowest BCUT2D eigenvalue weighted by Crippen LogP contribution is -2.39. The number of carbonyl (C=O) groups excluding carboxylic acids is 2. The van der Waals surface area contributed by atoms with Crippen LogP contribution in [0.5, 0.6) is 0 Å². The molecule has 2 saturated heterocycles. The number of imide groups is 1. The van der Waals surface area contributed by atoms with Crippen LogP contribution in [0.3, 0.4) is 0 Å². The standard InChI is InChI=1S/C17H22N2O3/c20-10-8-12-7-9-19(11-12)14-3-1-13(2-4-14)15-5-6-16(21)18-17(15)22/h1-4,12,15,20H,5-11H2,(H,18,21,22). The van der Waals surface area contributed by atoms with Crippen LogP contribution >= 0.6 is 0 Å². The van der Waals surface area contributed by atoms with Gasteiger partial charge in [0.05, 0.1) is 5.92 Å². The van der Waals surface area contributed by atoms with E-state index in [-0.39, 0.29) is 24.3 Å². The minimum absolute atomic E-state index is 0.176. The number of aliphatic hydroxyl groups is 1. The van der Waals surface area contributed by atoms with Crippen LogP contribution in [0.4, 0.5) is 5.69 Å². The lowest BCUT2D eigenvalue weighted by Gasteiger charge is -2.23. The molecule has 2 atom stereocenters. The molecule has 1 aromatic rings. The van der Waals surface area contributed by atoms with E-state index in [0.717, 1.165) is 37.2 Å².